The van der Waals surface area contributed by atoms with Crippen LogP contribution in [0.5, 0.6) is 0 Å². The van der Waals surface area contributed by atoms with E-state index in [0.717, 1.165) is 11.1 Å². The first kappa shape index (κ1) is 13.0. The molecule has 2 heterocycles. The first-order chi connectivity index (χ1) is 8.49. The highest BCUT2D eigenvalue weighted by atomic mass is 32.1. The molecular formula is C10H11F3N4S. The van der Waals surface area contributed by atoms with Crippen LogP contribution in [0, 0.1) is 0 Å². The third-order valence-electron chi connectivity index (χ3n) is 2.18. The van der Waals surface area contributed by atoms with E-state index in [9.17, 15) is 13.2 Å². The zero-order valence-corrected chi connectivity index (χ0v) is 10.3. The van der Waals surface area contributed by atoms with Crippen LogP contribution in [0.4, 0.5) is 13.2 Å². The van der Waals surface area contributed by atoms with Gasteiger partial charge in [0.2, 0.25) is 0 Å². The van der Waals surface area contributed by atoms with E-state index in [-0.39, 0.29) is 6.54 Å². The van der Waals surface area contributed by atoms with Gasteiger partial charge in [0.25, 0.3) is 0 Å². The minimum atomic E-state index is -4.40. The number of alkyl halides is 3. The predicted molar refractivity (Wildman–Crippen MR) is 61.2 cm³/mol. The molecule has 0 saturated heterocycles. The maximum atomic E-state index is 12.3. The number of hydrogen-bond donors (Lipinski definition) is 1. The summed E-state index contributed by atoms with van der Waals surface area (Å²) in [5.74, 6) is 0. The van der Waals surface area contributed by atoms with Crippen molar-refractivity contribution in [2.75, 3.05) is 7.05 Å². The summed E-state index contributed by atoms with van der Waals surface area (Å²) in [7, 11) is 1.81. The summed E-state index contributed by atoms with van der Waals surface area (Å²) in [4.78, 5) is 4.28. The van der Waals surface area contributed by atoms with Crippen molar-refractivity contribution < 1.29 is 13.2 Å². The Labute approximate surface area is 105 Å². The first-order valence-corrected chi connectivity index (χ1v) is 6.05. The molecule has 0 saturated carbocycles. The number of halogens is 3. The SMILES string of the molecule is CNCc1nc(Cn2ccc(C(F)(F)F)n2)cs1. The van der Waals surface area contributed by atoms with Gasteiger partial charge < -0.3 is 5.32 Å². The Hall–Kier alpha value is -1.41. The molecule has 0 aliphatic carbocycles. The van der Waals surface area contributed by atoms with Crippen molar-refractivity contribution in [3.8, 4) is 0 Å². The fourth-order valence-electron chi connectivity index (χ4n) is 1.42. The molecule has 18 heavy (non-hydrogen) atoms. The van der Waals surface area contributed by atoms with Gasteiger partial charge in [-0.3, -0.25) is 4.68 Å². The molecule has 0 radical (unpaired) electrons. The van der Waals surface area contributed by atoms with Crippen LogP contribution in [-0.4, -0.2) is 21.8 Å². The van der Waals surface area contributed by atoms with E-state index >= 15 is 0 Å². The highest BCUT2D eigenvalue weighted by Gasteiger charge is 2.33. The van der Waals surface area contributed by atoms with Gasteiger partial charge in [-0.05, 0) is 13.1 Å². The molecule has 0 bridgehead atoms. The summed E-state index contributed by atoms with van der Waals surface area (Å²) < 4.78 is 38.3. The number of aromatic nitrogens is 3. The third-order valence-corrected chi connectivity index (χ3v) is 3.08. The van der Waals surface area contributed by atoms with E-state index in [1.165, 1.54) is 22.2 Å². The van der Waals surface area contributed by atoms with Gasteiger partial charge in [-0.25, -0.2) is 4.98 Å². The van der Waals surface area contributed by atoms with Crippen LogP contribution >= 0.6 is 11.3 Å². The Morgan fingerprint density at radius 1 is 1.44 bits per heavy atom. The molecule has 0 aliphatic rings. The van der Waals surface area contributed by atoms with E-state index in [0.29, 0.717) is 12.2 Å². The van der Waals surface area contributed by atoms with Crippen molar-refractivity contribution in [1.29, 1.82) is 0 Å². The van der Waals surface area contributed by atoms with E-state index in [2.05, 4.69) is 15.4 Å². The van der Waals surface area contributed by atoms with Gasteiger partial charge in [-0.1, -0.05) is 0 Å². The maximum Gasteiger partial charge on any atom is 0.435 e. The molecule has 2 aromatic rings. The molecule has 0 spiro atoms. The Kier molecular flexibility index (Phi) is 3.67. The lowest BCUT2D eigenvalue weighted by Crippen LogP contribution is -2.09. The lowest BCUT2D eigenvalue weighted by Gasteiger charge is -2.01. The second-order valence-electron chi connectivity index (χ2n) is 3.66. The Balaban J connectivity index is 2.06. The summed E-state index contributed by atoms with van der Waals surface area (Å²) in [6, 6.07) is 0.959. The minimum Gasteiger partial charge on any atom is -0.314 e. The van der Waals surface area contributed by atoms with Gasteiger partial charge in [0.1, 0.15) is 5.01 Å². The molecule has 0 amide bonds. The Bertz CT molecular complexity index is 517. The average molecular weight is 276 g/mol. The largest absolute Gasteiger partial charge is 0.435 e. The van der Waals surface area contributed by atoms with Crippen LogP contribution in [0.2, 0.25) is 0 Å². The van der Waals surface area contributed by atoms with Gasteiger partial charge in [0.15, 0.2) is 5.69 Å². The van der Waals surface area contributed by atoms with E-state index in [1.807, 2.05) is 12.4 Å². The summed E-state index contributed by atoms with van der Waals surface area (Å²) in [6.45, 7) is 0.897. The van der Waals surface area contributed by atoms with Crippen molar-refractivity contribution in [3.05, 3.63) is 34.0 Å². The standard InChI is InChI=1S/C10H11F3N4S/c1-14-4-9-15-7(6-18-9)5-17-3-2-8(16-17)10(11,12)13/h2-3,6,14H,4-5H2,1H3. The highest BCUT2D eigenvalue weighted by molar-refractivity contribution is 7.09. The molecule has 0 aliphatic heterocycles. The molecule has 0 atom stereocenters. The van der Waals surface area contributed by atoms with Gasteiger partial charge in [-0.2, -0.15) is 18.3 Å². The lowest BCUT2D eigenvalue weighted by atomic mass is 10.4. The van der Waals surface area contributed by atoms with Crippen LogP contribution in [-0.2, 0) is 19.3 Å². The van der Waals surface area contributed by atoms with Gasteiger partial charge in [0, 0.05) is 18.1 Å². The minimum absolute atomic E-state index is 0.246. The Morgan fingerprint density at radius 3 is 2.83 bits per heavy atom. The van der Waals surface area contributed by atoms with E-state index in [1.54, 1.807) is 0 Å². The normalized spacial score (nSPS) is 12.0. The molecule has 2 aromatic heterocycles. The van der Waals surface area contributed by atoms with E-state index < -0.39 is 11.9 Å². The summed E-state index contributed by atoms with van der Waals surface area (Å²) >= 11 is 1.47. The van der Waals surface area contributed by atoms with Crippen molar-refractivity contribution in [3.63, 3.8) is 0 Å². The quantitative estimate of drug-likeness (QED) is 0.930. The molecule has 0 fully saturated rings. The maximum absolute atomic E-state index is 12.3. The summed E-state index contributed by atoms with van der Waals surface area (Å²) in [5, 5.41) is 9.15. The fourth-order valence-corrected chi connectivity index (χ4v) is 2.22. The first-order valence-electron chi connectivity index (χ1n) is 5.17. The molecule has 98 valence electrons. The number of thiazole rings is 1. The van der Waals surface area contributed by atoms with Crippen LogP contribution in [0.15, 0.2) is 17.6 Å². The molecule has 0 aromatic carbocycles. The molecule has 8 heteroatoms. The number of hydrogen-bond acceptors (Lipinski definition) is 4. The topological polar surface area (TPSA) is 42.7 Å². The van der Waals surface area contributed by atoms with Gasteiger partial charge in [-0.15, -0.1) is 11.3 Å². The second-order valence-corrected chi connectivity index (χ2v) is 4.60. The van der Waals surface area contributed by atoms with Crippen LogP contribution in [0.1, 0.15) is 16.4 Å². The smallest absolute Gasteiger partial charge is 0.314 e. The lowest BCUT2D eigenvalue weighted by molar-refractivity contribution is -0.141. The molecule has 4 nitrogen and oxygen atoms in total. The number of rotatable bonds is 4. The molecular weight excluding hydrogens is 265 g/mol. The van der Waals surface area contributed by atoms with Crippen LogP contribution < -0.4 is 5.32 Å². The van der Waals surface area contributed by atoms with Crippen molar-refractivity contribution in [2.24, 2.45) is 0 Å². The summed E-state index contributed by atoms with van der Waals surface area (Å²) in [6.07, 6.45) is -3.09. The molecule has 0 unspecified atom stereocenters. The Morgan fingerprint density at radius 2 is 2.22 bits per heavy atom. The van der Waals surface area contributed by atoms with Gasteiger partial charge in [0.05, 0.1) is 12.2 Å². The third kappa shape index (κ3) is 3.08. The van der Waals surface area contributed by atoms with Crippen LogP contribution in [0.3, 0.4) is 0 Å². The monoisotopic (exact) mass is 276 g/mol. The predicted octanol–water partition coefficient (Wildman–Crippen LogP) is 2.13. The molecule has 2 rings (SSSR count). The molecule has 1 N–H and O–H groups in total. The van der Waals surface area contributed by atoms with Crippen molar-refractivity contribution in [1.82, 2.24) is 20.1 Å². The zero-order chi connectivity index (χ0) is 13.2. The van der Waals surface area contributed by atoms with E-state index in [4.69, 9.17) is 0 Å². The zero-order valence-electron chi connectivity index (χ0n) is 9.53. The highest BCUT2D eigenvalue weighted by Crippen LogP contribution is 2.27. The second kappa shape index (κ2) is 5.07. The summed E-state index contributed by atoms with van der Waals surface area (Å²) in [5.41, 5.74) is -0.171. The average Bonchev–Trinajstić information content (AvgIpc) is 2.88. The van der Waals surface area contributed by atoms with Gasteiger partial charge >= 0.3 is 6.18 Å². The van der Waals surface area contributed by atoms with Crippen molar-refractivity contribution >= 4 is 11.3 Å². The number of nitrogens with zero attached hydrogens (tertiary/aromatic N) is 3. The van der Waals surface area contributed by atoms with Crippen molar-refractivity contribution in [2.45, 2.75) is 19.3 Å². The number of nitrogens with one attached hydrogen (secondary N) is 1. The van der Waals surface area contributed by atoms with Crippen LogP contribution in [0.25, 0.3) is 0 Å². The fraction of sp³-hybridized carbons (Fsp3) is 0.400.